The zero-order chi connectivity index (χ0) is 13.1. The summed E-state index contributed by atoms with van der Waals surface area (Å²) in [5.41, 5.74) is 5.95. The van der Waals surface area contributed by atoms with Crippen LogP contribution in [0.15, 0.2) is 52.3 Å². The predicted octanol–water partition coefficient (Wildman–Crippen LogP) is 3.91. The van der Waals surface area contributed by atoms with Crippen LogP contribution in [0, 0.1) is 11.2 Å². The molecule has 0 aromatic heterocycles. The molecule has 0 amide bonds. The lowest BCUT2D eigenvalue weighted by atomic mass is 10.2. The summed E-state index contributed by atoms with van der Waals surface area (Å²) in [6.07, 6.45) is 0. The number of nitrogen functional groups attached to an aromatic ring is 1. The van der Waals surface area contributed by atoms with E-state index in [0.29, 0.717) is 10.6 Å². The highest BCUT2D eigenvalue weighted by atomic mass is 35.5. The third-order valence-electron chi connectivity index (χ3n) is 2.27. The first-order chi connectivity index (χ1) is 8.56. The summed E-state index contributed by atoms with van der Waals surface area (Å²) < 4.78 is 13.0. The molecule has 0 saturated heterocycles. The van der Waals surface area contributed by atoms with Gasteiger partial charge in [0.2, 0.25) is 0 Å². The Morgan fingerprint density at radius 3 is 2.61 bits per heavy atom. The number of nitrogens with one attached hydrogen (secondary N) is 1. The highest BCUT2D eigenvalue weighted by molar-refractivity contribution is 7.99. The van der Waals surface area contributed by atoms with Crippen LogP contribution in [0.1, 0.15) is 5.56 Å². The minimum Gasteiger partial charge on any atom is -0.384 e. The van der Waals surface area contributed by atoms with Crippen LogP contribution < -0.4 is 5.73 Å². The molecule has 0 spiro atoms. The van der Waals surface area contributed by atoms with Crippen LogP contribution in [0.2, 0.25) is 5.02 Å². The molecule has 2 rings (SSSR count). The van der Waals surface area contributed by atoms with Gasteiger partial charge in [0, 0.05) is 15.4 Å². The molecule has 0 atom stereocenters. The first-order valence-corrected chi connectivity index (χ1v) is 6.33. The van der Waals surface area contributed by atoms with Crippen molar-refractivity contribution >= 4 is 29.2 Å². The summed E-state index contributed by atoms with van der Waals surface area (Å²) in [5.74, 6) is -0.310. The topological polar surface area (TPSA) is 49.9 Å². The molecular weight excluding hydrogens is 271 g/mol. The van der Waals surface area contributed by atoms with E-state index in [1.54, 1.807) is 24.3 Å². The van der Waals surface area contributed by atoms with Crippen molar-refractivity contribution < 1.29 is 4.39 Å². The summed E-state index contributed by atoms with van der Waals surface area (Å²) in [7, 11) is 0. The van der Waals surface area contributed by atoms with Gasteiger partial charge in [0.15, 0.2) is 0 Å². The number of rotatable bonds is 3. The average molecular weight is 281 g/mol. The second-order valence-corrected chi connectivity index (χ2v) is 5.14. The summed E-state index contributed by atoms with van der Waals surface area (Å²) in [4.78, 5) is 1.57. The first-order valence-electron chi connectivity index (χ1n) is 5.13. The highest BCUT2D eigenvalue weighted by Gasteiger charge is 2.06. The molecule has 0 saturated carbocycles. The van der Waals surface area contributed by atoms with E-state index in [9.17, 15) is 4.39 Å². The van der Waals surface area contributed by atoms with Crippen molar-refractivity contribution in [2.24, 2.45) is 5.73 Å². The number of hydrogen-bond donors (Lipinski definition) is 2. The zero-order valence-corrected chi connectivity index (χ0v) is 10.9. The molecule has 0 bridgehead atoms. The maximum Gasteiger partial charge on any atom is 0.124 e. The fourth-order valence-electron chi connectivity index (χ4n) is 1.41. The van der Waals surface area contributed by atoms with Crippen molar-refractivity contribution in [3.8, 4) is 0 Å². The quantitative estimate of drug-likeness (QED) is 0.661. The lowest BCUT2D eigenvalue weighted by Crippen LogP contribution is -2.10. The second-order valence-electron chi connectivity index (χ2n) is 3.62. The van der Waals surface area contributed by atoms with Crippen molar-refractivity contribution in [2.75, 3.05) is 0 Å². The van der Waals surface area contributed by atoms with Crippen molar-refractivity contribution in [3.63, 3.8) is 0 Å². The number of hydrogen-bond acceptors (Lipinski definition) is 2. The Labute approximate surface area is 113 Å². The Balaban J connectivity index is 2.27. The predicted molar refractivity (Wildman–Crippen MR) is 73.0 cm³/mol. The first kappa shape index (κ1) is 12.9. The van der Waals surface area contributed by atoms with Crippen LogP contribution in [0.25, 0.3) is 0 Å². The van der Waals surface area contributed by atoms with Crippen LogP contribution in [0.5, 0.6) is 0 Å². The molecule has 2 aromatic rings. The van der Waals surface area contributed by atoms with E-state index >= 15 is 0 Å². The van der Waals surface area contributed by atoms with Crippen LogP contribution in [-0.2, 0) is 0 Å². The molecule has 0 fully saturated rings. The smallest absolute Gasteiger partial charge is 0.124 e. The van der Waals surface area contributed by atoms with E-state index in [1.165, 1.54) is 23.9 Å². The van der Waals surface area contributed by atoms with Crippen molar-refractivity contribution in [1.82, 2.24) is 0 Å². The van der Waals surface area contributed by atoms with Crippen molar-refractivity contribution in [1.29, 1.82) is 5.41 Å². The van der Waals surface area contributed by atoms with Crippen molar-refractivity contribution in [3.05, 3.63) is 58.9 Å². The third-order valence-corrected chi connectivity index (χ3v) is 3.76. The van der Waals surface area contributed by atoms with E-state index in [-0.39, 0.29) is 11.7 Å². The van der Waals surface area contributed by atoms with E-state index in [2.05, 4.69) is 0 Å². The highest BCUT2D eigenvalue weighted by Crippen LogP contribution is 2.33. The van der Waals surface area contributed by atoms with Gasteiger partial charge in [-0.1, -0.05) is 35.5 Å². The van der Waals surface area contributed by atoms with Gasteiger partial charge in [-0.15, -0.1) is 0 Å². The monoisotopic (exact) mass is 280 g/mol. The SMILES string of the molecule is N=C(N)c1ccc(Sc2cccc(F)c2)c(Cl)c1. The summed E-state index contributed by atoms with van der Waals surface area (Å²) >= 11 is 7.46. The van der Waals surface area contributed by atoms with E-state index in [0.717, 1.165) is 9.79 Å². The molecule has 2 aromatic carbocycles. The maximum absolute atomic E-state index is 13.0. The van der Waals surface area contributed by atoms with E-state index in [4.69, 9.17) is 22.7 Å². The zero-order valence-electron chi connectivity index (χ0n) is 9.28. The minimum atomic E-state index is -0.281. The maximum atomic E-state index is 13.0. The Hall–Kier alpha value is -1.52. The Morgan fingerprint density at radius 2 is 2.00 bits per heavy atom. The normalized spacial score (nSPS) is 10.3. The molecule has 0 aliphatic rings. The van der Waals surface area contributed by atoms with Crippen molar-refractivity contribution in [2.45, 2.75) is 9.79 Å². The van der Waals surface area contributed by atoms with Gasteiger partial charge in [-0.2, -0.15) is 0 Å². The second kappa shape index (κ2) is 5.42. The number of benzene rings is 2. The molecule has 0 radical (unpaired) electrons. The molecular formula is C13H10ClFN2S. The van der Waals surface area contributed by atoms with E-state index in [1.807, 2.05) is 6.07 Å². The Kier molecular flexibility index (Phi) is 3.89. The fourth-order valence-corrected chi connectivity index (χ4v) is 2.57. The van der Waals surface area contributed by atoms with Gasteiger partial charge in [0.25, 0.3) is 0 Å². The van der Waals surface area contributed by atoms with Gasteiger partial charge < -0.3 is 5.73 Å². The van der Waals surface area contributed by atoms with Gasteiger partial charge in [-0.3, -0.25) is 5.41 Å². The molecule has 5 heteroatoms. The molecule has 18 heavy (non-hydrogen) atoms. The Morgan fingerprint density at radius 1 is 1.22 bits per heavy atom. The summed E-state index contributed by atoms with van der Waals surface area (Å²) in [5, 5.41) is 7.81. The lowest BCUT2D eigenvalue weighted by molar-refractivity contribution is 0.624. The van der Waals surface area contributed by atoms with Gasteiger partial charge in [-0.05, 0) is 30.3 Å². The molecule has 92 valence electrons. The standard InChI is InChI=1S/C13H10ClFN2S/c14-11-6-8(13(16)17)4-5-12(11)18-10-3-1-2-9(15)7-10/h1-7H,(H3,16,17). The van der Waals surface area contributed by atoms with E-state index < -0.39 is 0 Å². The van der Waals surface area contributed by atoms with Crippen LogP contribution in [0.3, 0.4) is 0 Å². The lowest BCUT2D eigenvalue weighted by Gasteiger charge is -2.06. The molecule has 0 unspecified atom stereocenters. The number of nitrogens with two attached hydrogens (primary N) is 1. The largest absolute Gasteiger partial charge is 0.384 e. The average Bonchev–Trinajstić information content (AvgIpc) is 2.31. The summed E-state index contributed by atoms with van der Waals surface area (Å²) in [6.45, 7) is 0. The van der Waals surface area contributed by atoms with Crippen LogP contribution in [0.4, 0.5) is 4.39 Å². The van der Waals surface area contributed by atoms with Gasteiger partial charge in [0.1, 0.15) is 11.7 Å². The Bertz CT molecular complexity index is 601. The third kappa shape index (κ3) is 3.03. The number of halogens is 2. The van der Waals surface area contributed by atoms with Crippen LogP contribution >= 0.6 is 23.4 Å². The van der Waals surface area contributed by atoms with Gasteiger partial charge >= 0.3 is 0 Å². The molecule has 2 nitrogen and oxygen atoms in total. The number of amidine groups is 1. The minimum absolute atomic E-state index is 0.0285. The van der Waals surface area contributed by atoms with Gasteiger partial charge in [-0.25, -0.2) is 4.39 Å². The summed E-state index contributed by atoms with van der Waals surface area (Å²) in [6, 6.07) is 11.4. The molecule has 3 N–H and O–H groups in total. The fraction of sp³-hybridized carbons (Fsp3) is 0. The van der Waals surface area contributed by atoms with Gasteiger partial charge in [0.05, 0.1) is 5.02 Å². The van der Waals surface area contributed by atoms with Crippen LogP contribution in [-0.4, -0.2) is 5.84 Å². The molecule has 0 heterocycles. The molecule has 0 aliphatic carbocycles. The molecule has 0 aliphatic heterocycles.